The normalized spacial score (nSPS) is 15.5. The Bertz CT molecular complexity index is 1120. The molecule has 2 aromatic rings. The van der Waals surface area contributed by atoms with E-state index in [1.165, 1.54) is 41.6 Å². The molecule has 1 fully saturated rings. The highest BCUT2D eigenvalue weighted by molar-refractivity contribution is 7.89. The van der Waals surface area contributed by atoms with Crippen molar-refractivity contribution in [3.63, 3.8) is 0 Å². The van der Waals surface area contributed by atoms with Gasteiger partial charge in [0.25, 0.3) is 0 Å². The molecule has 1 aliphatic rings. The summed E-state index contributed by atoms with van der Waals surface area (Å²) in [6, 6.07) is 8.10. The molecule has 0 aromatic heterocycles. The first-order chi connectivity index (χ1) is 14.6. The average molecular weight is 488 g/mol. The highest BCUT2D eigenvalue weighted by Gasteiger charge is 2.33. The lowest BCUT2D eigenvalue weighted by Crippen LogP contribution is -2.41. The van der Waals surface area contributed by atoms with Crippen LogP contribution in [0.15, 0.2) is 41.3 Å². The van der Waals surface area contributed by atoms with Gasteiger partial charge in [0, 0.05) is 36.6 Å². The molecule has 3 rings (SSSR count). The molecule has 1 heterocycles. The Morgan fingerprint density at radius 3 is 2.39 bits per heavy atom. The quantitative estimate of drug-likeness (QED) is 0.662. The maximum absolute atomic E-state index is 13.8. The number of benzene rings is 2. The largest absolute Gasteiger partial charge is 0.326 e. The van der Waals surface area contributed by atoms with Crippen molar-refractivity contribution in [2.75, 3.05) is 23.7 Å². The number of anilines is 2. The second-order valence-electron chi connectivity index (χ2n) is 7.12. The van der Waals surface area contributed by atoms with Crippen LogP contribution >= 0.6 is 23.2 Å². The standard InChI is InChI=1S/C20H20Cl2FN3O4S/c1-12(27)24-18-11-15(3-5-17(18)23)25-20(28)13-6-8-26(9-7-13)31(29,30)19-10-14(21)2-4-16(19)22/h2-5,10-11,13H,6-9H2,1H3,(H,24,27)(H,25,28). The molecule has 2 amide bonds. The van der Waals surface area contributed by atoms with Crippen LogP contribution in [0.1, 0.15) is 19.8 Å². The van der Waals surface area contributed by atoms with Crippen LogP contribution in [0.2, 0.25) is 10.0 Å². The highest BCUT2D eigenvalue weighted by Crippen LogP contribution is 2.31. The van der Waals surface area contributed by atoms with E-state index in [0.717, 1.165) is 6.07 Å². The fourth-order valence-corrected chi connectivity index (χ4v) is 5.51. The molecule has 2 N–H and O–H groups in total. The summed E-state index contributed by atoms with van der Waals surface area (Å²) >= 11 is 12.0. The minimum atomic E-state index is -3.84. The summed E-state index contributed by atoms with van der Waals surface area (Å²) in [6.07, 6.45) is 0.617. The summed E-state index contributed by atoms with van der Waals surface area (Å²) in [4.78, 5) is 23.7. The highest BCUT2D eigenvalue weighted by atomic mass is 35.5. The van der Waals surface area contributed by atoms with E-state index in [1.807, 2.05) is 0 Å². The van der Waals surface area contributed by atoms with Crippen molar-refractivity contribution in [3.8, 4) is 0 Å². The van der Waals surface area contributed by atoms with Crippen molar-refractivity contribution >= 4 is 56.4 Å². The number of rotatable bonds is 5. The van der Waals surface area contributed by atoms with Gasteiger partial charge in [0.2, 0.25) is 21.8 Å². The molecule has 2 aromatic carbocycles. The second kappa shape index (κ2) is 9.52. The molecule has 1 saturated heterocycles. The van der Waals surface area contributed by atoms with E-state index in [-0.39, 0.29) is 39.6 Å². The van der Waals surface area contributed by atoms with E-state index in [2.05, 4.69) is 10.6 Å². The Morgan fingerprint density at radius 1 is 1.06 bits per heavy atom. The molecule has 0 bridgehead atoms. The van der Waals surface area contributed by atoms with Gasteiger partial charge in [-0.15, -0.1) is 0 Å². The van der Waals surface area contributed by atoms with E-state index >= 15 is 0 Å². The fourth-order valence-electron chi connectivity index (χ4n) is 3.31. The zero-order valence-electron chi connectivity index (χ0n) is 16.5. The predicted octanol–water partition coefficient (Wildman–Crippen LogP) is 4.13. The van der Waals surface area contributed by atoms with Gasteiger partial charge in [0.1, 0.15) is 10.7 Å². The number of nitrogens with zero attached hydrogens (tertiary/aromatic N) is 1. The van der Waals surface area contributed by atoms with Crippen molar-refractivity contribution < 1.29 is 22.4 Å². The summed E-state index contributed by atoms with van der Waals surface area (Å²) < 4.78 is 40.8. The van der Waals surface area contributed by atoms with Gasteiger partial charge in [-0.05, 0) is 49.2 Å². The monoisotopic (exact) mass is 487 g/mol. The number of carbonyl (C=O) groups is 2. The number of amides is 2. The summed E-state index contributed by atoms with van der Waals surface area (Å²) in [5.41, 5.74) is 0.292. The first-order valence-electron chi connectivity index (χ1n) is 9.41. The second-order valence-corrected chi connectivity index (χ2v) is 9.87. The van der Waals surface area contributed by atoms with Gasteiger partial charge in [0.05, 0.1) is 10.7 Å². The third-order valence-electron chi connectivity index (χ3n) is 4.88. The zero-order valence-corrected chi connectivity index (χ0v) is 18.8. The minimum Gasteiger partial charge on any atom is -0.326 e. The van der Waals surface area contributed by atoms with Crippen LogP contribution < -0.4 is 10.6 Å². The first kappa shape index (κ1) is 23.5. The van der Waals surface area contributed by atoms with Crippen molar-refractivity contribution in [1.82, 2.24) is 4.31 Å². The Hall–Kier alpha value is -2.20. The number of halogens is 3. The summed E-state index contributed by atoms with van der Waals surface area (Å²) in [5.74, 6) is -1.78. The van der Waals surface area contributed by atoms with Gasteiger partial charge in [0.15, 0.2) is 0 Å². The molecule has 0 unspecified atom stereocenters. The van der Waals surface area contributed by atoms with E-state index in [1.54, 1.807) is 0 Å². The third-order valence-corrected chi connectivity index (χ3v) is 7.50. The first-order valence-corrected chi connectivity index (χ1v) is 11.6. The molecule has 0 saturated carbocycles. The molecule has 1 aliphatic heterocycles. The number of hydrogen-bond acceptors (Lipinski definition) is 4. The van der Waals surface area contributed by atoms with Crippen molar-refractivity contribution in [2.24, 2.45) is 5.92 Å². The summed E-state index contributed by atoms with van der Waals surface area (Å²) in [5, 5.41) is 5.38. The molecule has 0 spiro atoms. The maximum Gasteiger partial charge on any atom is 0.244 e. The zero-order chi connectivity index (χ0) is 22.8. The van der Waals surface area contributed by atoms with Gasteiger partial charge in [-0.1, -0.05) is 23.2 Å². The Labute approximate surface area is 189 Å². The Balaban J connectivity index is 1.65. The SMILES string of the molecule is CC(=O)Nc1cc(NC(=O)C2CCN(S(=O)(=O)c3cc(Cl)ccc3Cl)CC2)ccc1F. The molecular weight excluding hydrogens is 468 g/mol. The molecule has 166 valence electrons. The fraction of sp³-hybridized carbons (Fsp3) is 0.300. The van der Waals surface area contributed by atoms with Gasteiger partial charge in [-0.25, -0.2) is 12.8 Å². The molecule has 11 heteroatoms. The van der Waals surface area contributed by atoms with Gasteiger partial charge in [-0.2, -0.15) is 4.31 Å². The van der Waals surface area contributed by atoms with Crippen molar-refractivity contribution in [2.45, 2.75) is 24.7 Å². The lowest BCUT2D eigenvalue weighted by Gasteiger charge is -2.30. The number of sulfonamides is 1. The molecule has 0 atom stereocenters. The molecule has 31 heavy (non-hydrogen) atoms. The lowest BCUT2D eigenvalue weighted by atomic mass is 9.97. The summed E-state index contributed by atoms with van der Waals surface area (Å²) in [6.45, 7) is 1.54. The number of carbonyl (C=O) groups excluding carboxylic acids is 2. The van der Waals surface area contributed by atoms with Gasteiger partial charge >= 0.3 is 0 Å². The van der Waals surface area contributed by atoms with Crippen molar-refractivity contribution in [3.05, 3.63) is 52.3 Å². The molecule has 7 nitrogen and oxygen atoms in total. The van der Waals surface area contributed by atoms with Crippen LogP contribution in [0.3, 0.4) is 0 Å². The van der Waals surface area contributed by atoms with E-state index < -0.39 is 27.7 Å². The average Bonchev–Trinajstić information content (AvgIpc) is 2.72. The molecule has 0 radical (unpaired) electrons. The van der Waals surface area contributed by atoms with Crippen molar-refractivity contribution in [1.29, 1.82) is 0 Å². The van der Waals surface area contributed by atoms with E-state index in [9.17, 15) is 22.4 Å². The van der Waals surface area contributed by atoms with E-state index in [4.69, 9.17) is 23.2 Å². The Kier molecular flexibility index (Phi) is 7.20. The smallest absolute Gasteiger partial charge is 0.244 e. The van der Waals surface area contributed by atoms with E-state index in [0.29, 0.717) is 18.5 Å². The minimum absolute atomic E-state index is 0.0374. The van der Waals surface area contributed by atoms with Gasteiger partial charge < -0.3 is 10.6 Å². The number of piperidine rings is 1. The molecule has 0 aliphatic carbocycles. The van der Waals surface area contributed by atoms with Crippen LogP contribution in [0.4, 0.5) is 15.8 Å². The maximum atomic E-state index is 13.8. The number of nitrogens with one attached hydrogen (secondary N) is 2. The Morgan fingerprint density at radius 2 is 1.74 bits per heavy atom. The van der Waals surface area contributed by atoms with Crippen LogP contribution in [0, 0.1) is 11.7 Å². The third kappa shape index (κ3) is 5.54. The van der Waals surface area contributed by atoms with Crippen LogP contribution in [-0.4, -0.2) is 37.6 Å². The molecular formula is C20H20Cl2FN3O4S. The predicted molar refractivity (Wildman–Crippen MR) is 117 cm³/mol. The van der Waals surface area contributed by atoms with Crippen LogP contribution in [0.5, 0.6) is 0 Å². The number of hydrogen-bond donors (Lipinski definition) is 2. The summed E-state index contributed by atoms with van der Waals surface area (Å²) in [7, 11) is -3.84. The van der Waals surface area contributed by atoms with Crippen LogP contribution in [0.25, 0.3) is 0 Å². The van der Waals surface area contributed by atoms with Gasteiger partial charge in [-0.3, -0.25) is 9.59 Å². The topological polar surface area (TPSA) is 95.6 Å². The lowest BCUT2D eigenvalue weighted by molar-refractivity contribution is -0.121. The van der Waals surface area contributed by atoms with Crippen LogP contribution in [-0.2, 0) is 19.6 Å².